The highest BCUT2D eigenvalue weighted by atomic mass is 35.5. The third-order valence-corrected chi connectivity index (χ3v) is 3.36. The summed E-state index contributed by atoms with van der Waals surface area (Å²) in [4.78, 5) is 0. The third kappa shape index (κ3) is 2.97. The van der Waals surface area contributed by atoms with Crippen molar-refractivity contribution in [1.82, 2.24) is 0 Å². The van der Waals surface area contributed by atoms with Crippen LogP contribution in [0.5, 0.6) is 0 Å². The van der Waals surface area contributed by atoms with E-state index in [-0.39, 0.29) is 12.1 Å². The van der Waals surface area contributed by atoms with Gasteiger partial charge >= 0.3 is 35.8 Å². The van der Waals surface area contributed by atoms with Gasteiger partial charge in [-0.15, -0.1) is 0 Å². The lowest BCUT2D eigenvalue weighted by atomic mass is 9.90. The third-order valence-electron chi connectivity index (χ3n) is 3.12. The van der Waals surface area contributed by atoms with E-state index in [1.807, 2.05) is 0 Å². The summed E-state index contributed by atoms with van der Waals surface area (Å²) in [5.41, 5.74) is -2.11. The molecule has 0 saturated carbocycles. The van der Waals surface area contributed by atoms with Gasteiger partial charge in [-0.25, -0.2) is 0 Å². The van der Waals surface area contributed by atoms with Crippen LogP contribution in [0.1, 0.15) is 5.56 Å². The number of hydrogen-bond acceptors (Lipinski definition) is 0. The molecule has 14 heteroatoms. The van der Waals surface area contributed by atoms with Gasteiger partial charge in [0.05, 0.1) is 0 Å². The number of halogens is 14. The Labute approximate surface area is 140 Å². The van der Waals surface area contributed by atoms with Crippen molar-refractivity contribution in [3.05, 3.63) is 34.9 Å². The lowest BCUT2D eigenvalue weighted by Gasteiger charge is -2.39. The van der Waals surface area contributed by atoms with E-state index in [1.54, 1.807) is 0 Å². The molecular weight excluding hydrogens is 427 g/mol. The Kier molecular flexibility index (Phi) is 5.28. The smallest absolute Gasteiger partial charge is 0.194 e. The van der Waals surface area contributed by atoms with E-state index in [2.05, 4.69) is 0 Å². The standard InChI is InChI=1S/C12H4ClF13/c13-6-3-1-2-5(4-6)7(14,15)8(16,17)9(18,19)10(20,21)11(22,23)12(24,25)26/h1-4H. The lowest BCUT2D eigenvalue weighted by molar-refractivity contribution is -0.441. The molecule has 0 bridgehead atoms. The molecule has 0 aromatic heterocycles. The first-order chi connectivity index (χ1) is 11.2. The minimum absolute atomic E-state index is 0.00984. The second-order valence-corrected chi connectivity index (χ2v) is 5.32. The predicted molar refractivity (Wildman–Crippen MR) is 61.2 cm³/mol. The predicted octanol–water partition coefficient (Wildman–Crippen LogP) is 6.54. The van der Waals surface area contributed by atoms with Crippen LogP contribution in [0.4, 0.5) is 57.1 Å². The van der Waals surface area contributed by atoms with E-state index in [0.29, 0.717) is 6.07 Å². The highest BCUT2D eigenvalue weighted by Gasteiger charge is 2.90. The maximum atomic E-state index is 13.7. The largest absolute Gasteiger partial charge is 0.460 e. The minimum atomic E-state index is -7.91. The maximum Gasteiger partial charge on any atom is 0.460 e. The summed E-state index contributed by atoms with van der Waals surface area (Å²) < 4.78 is 168. The lowest BCUT2D eigenvalue weighted by Crippen LogP contribution is -2.69. The van der Waals surface area contributed by atoms with Crippen molar-refractivity contribution in [3.63, 3.8) is 0 Å². The van der Waals surface area contributed by atoms with Gasteiger partial charge in [-0.1, -0.05) is 23.7 Å². The van der Waals surface area contributed by atoms with Crippen molar-refractivity contribution >= 4 is 11.6 Å². The topological polar surface area (TPSA) is 0 Å². The molecule has 1 aromatic rings. The van der Waals surface area contributed by atoms with Crippen molar-refractivity contribution in [1.29, 1.82) is 0 Å². The highest BCUT2D eigenvalue weighted by molar-refractivity contribution is 6.30. The fraction of sp³-hybridized carbons (Fsp3) is 0.500. The summed E-state index contributed by atoms with van der Waals surface area (Å²) in [6.45, 7) is 0. The molecule has 0 heterocycles. The molecule has 0 saturated heterocycles. The molecule has 0 spiro atoms. The van der Waals surface area contributed by atoms with E-state index >= 15 is 0 Å². The highest BCUT2D eigenvalue weighted by Crippen LogP contribution is 2.62. The van der Waals surface area contributed by atoms with Gasteiger partial charge in [0.25, 0.3) is 0 Å². The minimum Gasteiger partial charge on any atom is -0.194 e. The van der Waals surface area contributed by atoms with Gasteiger partial charge in [0, 0.05) is 10.6 Å². The van der Waals surface area contributed by atoms with Gasteiger partial charge in [-0.05, 0) is 12.1 Å². The van der Waals surface area contributed by atoms with Crippen LogP contribution in [0.25, 0.3) is 0 Å². The Morgan fingerprint density at radius 2 is 1.00 bits per heavy atom. The second kappa shape index (κ2) is 6.06. The van der Waals surface area contributed by atoms with Gasteiger partial charge in [0.15, 0.2) is 0 Å². The molecule has 0 aliphatic heterocycles. The summed E-state index contributed by atoms with van der Waals surface area (Å²) >= 11 is 5.15. The molecule has 1 aromatic carbocycles. The zero-order valence-electron chi connectivity index (χ0n) is 11.6. The van der Waals surface area contributed by atoms with Gasteiger partial charge in [0.2, 0.25) is 0 Å². The van der Waals surface area contributed by atoms with Crippen LogP contribution in [-0.4, -0.2) is 29.9 Å². The fourth-order valence-electron chi connectivity index (χ4n) is 1.63. The molecule has 150 valence electrons. The van der Waals surface area contributed by atoms with Crippen molar-refractivity contribution < 1.29 is 57.1 Å². The van der Waals surface area contributed by atoms with E-state index in [4.69, 9.17) is 11.6 Å². The summed E-state index contributed by atoms with van der Waals surface area (Å²) in [6, 6.07) is 1.22. The van der Waals surface area contributed by atoms with E-state index < -0.39 is 46.4 Å². The second-order valence-electron chi connectivity index (χ2n) is 4.88. The Hall–Kier alpha value is -1.40. The Bertz CT molecular complexity index is 661. The summed E-state index contributed by atoms with van der Waals surface area (Å²) in [5.74, 6) is -37.1. The molecule has 0 unspecified atom stereocenters. The van der Waals surface area contributed by atoms with Crippen LogP contribution >= 0.6 is 11.6 Å². The van der Waals surface area contributed by atoms with E-state index in [1.165, 1.54) is 0 Å². The first kappa shape index (κ1) is 22.6. The Morgan fingerprint density at radius 1 is 0.577 bits per heavy atom. The monoisotopic (exact) mass is 430 g/mol. The molecular formula is C12H4ClF13. The molecule has 0 amide bonds. The van der Waals surface area contributed by atoms with Crippen LogP contribution in [0.3, 0.4) is 0 Å². The number of alkyl halides is 13. The SMILES string of the molecule is FC(F)(F)C(F)(F)C(F)(F)C(F)(F)C(F)(F)C(F)(F)c1cccc(Cl)c1. The Morgan fingerprint density at radius 3 is 1.38 bits per heavy atom. The zero-order valence-corrected chi connectivity index (χ0v) is 12.4. The number of hydrogen-bond donors (Lipinski definition) is 0. The summed E-state index contributed by atoms with van der Waals surface area (Å²) in [7, 11) is 0. The fourth-order valence-corrected chi connectivity index (χ4v) is 1.82. The molecule has 26 heavy (non-hydrogen) atoms. The number of rotatable bonds is 5. The molecule has 0 radical (unpaired) electrons. The molecule has 0 nitrogen and oxygen atoms in total. The van der Waals surface area contributed by atoms with Gasteiger partial charge < -0.3 is 0 Å². The molecule has 0 fully saturated rings. The van der Waals surface area contributed by atoms with Crippen molar-refractivity contribution in [2.45, 2.75) is 35.8 Å². The normalized spacial score (nSPS) is 15.3. The van der Waals surface area contributed by atoms with Crippen LogP contribution in [-0.2, 0) is 5.92 Å². The van der Waals surface area contributed by atoms with Crippen molar-refractivity contribution in [2.24, 2.45) is 0 Å². The average molecular weight is 431 g/mol. The zero-order chi connectivity index (χ0) is 21.0. The average Bonchev–Trinajstić information content (AvgIpc) is 2.45. The summed E-state index contributed by atoms with van der Waals surface area (Å²) in [6.07, 6.45) is -7.43. The van der Waals surface area contributed by atoms with Crippen LogP contribution in [0.2, 0.25) is 5.02 Å². The van der Waals surface area contributed by atoms with Crippen LogP contribution in [0, 0.1) is 0 Å². The van der Waals surface area contributed by atoms with Crippen LogP contribution < -0.4 is 0 Å². The van der Waals surface area contributed by atoms with Crippen molar-refractivity contribution in [3.8, 4) is 0 Å². The Balaban J connectivity index is 3.58. The molecule has 1 rings (SSSR count). The summed E-state index contributed by atoms with van der Waals surface area (Å²) in [5, 5.41) is -0.756. The van der Waals surface area contributed by atoms with Gasteiger partial charge in [-0.3, -0.25) is 0 Å². The first-order valence-corrected chi connectivity index (χ1v) is 6.35. The quantitative estimate of drug-likeness (QED) is 0.466. The molecule has 0 aliphatic carbocycles. The van der Waals surface area contributed by atoms with E-state index in [0.717, 1.165) is 6.07 Å². The van der Waals surface area contributed by atoms with Crippen molar-refractivity contribution in [2.75, 3.05) is 0 Å². The van der Waals surface area contributed by atoms with E-state index in [9.17, 15) is 57.1 Å². The molecule has 0 aliphatic rings. The van der Waals surface area contributed by atoms with Gasteiger partial charge in [0.1, 0.15) is 0 Å². The molecule has 0 atom stereocenters. The van der Waals surface area contributed by atoms with Gasteiger partial charge in [-0.2, -0.15) is 57.1 Å². The maximum absolute atomic E-state index is 13.7. The molecule has 0 N–H and O–H groups in total. The number of benzene rings is 1. The van der Waals surface area contributed by atoms with Crippen LogP contribution in [0.15, 0.2) is 24.3 Å². The first-order valence-electron chi connectivity index (χ1n) is 5.97.